The van der Waals surface area contributed by atoms with E-state index in [1.807, 2.05) is 30.3 Å². The molecule has 2 N–H and O–H groups in total. The van der Waals surface area contributed by atoms with Gasteiger partial charge in [0.05, 0.1) is 0 Å². The predicted octanol–water partition coefficient (Wildman–Crippen LogP) is 1.50. The molecular formula is C13H10N4O. The number of fused-ring (bicyclic) bond motifs is 1. The molecule has 0 spiro atoms. The Hall–Kier alpha value is -2.69. The fraction of sp³-hybridized carbons (Fsp3) is 0. The number of amides is 1. The van der Waals surface area contributed by atoms with Crippen molar-refractivity contribution in [3.05, 3.63) is 54.6 Å². The third kappa shape index (κ3) is 1.53. The summed E-state index contributed by atoms with van der Waals surface area (Å²) in [5, 5.41) is 0. The highest BCUT2D eigenvalue weighted by Crippen LogP contribution is 2.23. The minimum atomic E-state index is -0.519. The number of hydrogen-bond acceptors (Lipinski definition) is 3. The van der Waals surface area contributed by atoms with Crippen molar-refractivity contribution in [2.45, 2.75) is 0 Å². The van der Waals surface area contributed by atoms with E-state index >= 15 is 0 Å². The molecule has 0 saturated heterocycles. The lowest BCUT2D eigenvalue weighted by molar-refractivity contribution is 0.0995. The van der Waals surface area contributed by atoms with Crippen molar-refractivity contribution in [1.29, 1.82) is 0 Å². The van der Waals surface area contributed by atoms with Gasteiger partial charge < -0.3 is 5.73 Å². The normalized spacial score (nSPS) is 10.7. The molecule has 0 aliphatic carbocycles. The van der Waals surface area contributed by atoms with Gasteiger partial charge in [-0.2, -0.15) is 0 Å². The summed E-state index contributed by atoms with van der Waals surface area (Å²) >= 11 is 0. The van der Waals surface area contributed by atoms with Crippen LogP contribution >= 0.6 is 0 Å². The molecule has 0 atom stereocenters. The average molecular weight is 238 g/mol. The van der Waals surface area contributed by atoms with E-state index in [9.17, 15) is 4.79 Å². The van der Waals surface area contributed by atoms with E-state index in [2.05, 4.69) is 9.97 Å². The molecule has 0 bridgehead atoms. The summed E-state index contributed by atoms with van der Waals surface area (Å²) in [5.41, 5.74) is 7.87. The minimum absolute atomic E-state index is 0.351. The lowest BCUT2D eigenvalue weighted by Gasteiger charge is -2.00. The molecule has 18 heavy (non-hydrogen) atoms. The van der Waals surface area contributed by atoms with Crippen molar-refractivity contribution < 1.29 is 4.79 Å². The number of carbonyl (C=O) groups is 1. The summed E-state index contributed by atoms with van der Waals surface area (Å²) in [6, 6.07) is 11.2. The summed E-state index contributed by atoms with van der Waals surface area (Å²) in [4.78, 5) is 20.0. The molecule has 1 amide bonds. The van der Waals surface area contributed by atoms with E-state index < -0.39 is 5.91 Å². The Morgan fingerprint density at radius 2 is 1.94 bits per heavy atom. The summed E-state index contributed by atoms with van der Waals surface area (Å²) < 4.78 is 1.60. The summed E-state index contributed by atoms with van der Waals surface area (Å²) in [5.74, 6) is -0.519. The van der Waals surface area contributed by atoms with Crippen LogP contribution in [0.25, 0.3) is 16.9 Å². The molecule has 88 valence electrons. The molecule has 1 aromatic carbocycles. The number of aromatic nitrogens is 3. The highest BCUT2D eigenvalue weighted by molar-refractivity contribution is 5.98. The van der Waals surface area contributed by atoms with Crippen LogP contribution in [0.3, 0.4) is 0 Å². The van der Waals surface area contributed by atoms with Gasteiger partial charge >= 0.3 is 0 Å². The molecule has 5 heteroatoms. The first-order chi connectivity index (χ1) is 8.77. The van der Waals surface area contributed by atoms with Crippen LogP contribution in [-0.4, -0.2) is 20.3 Å². The molecule has 3 rings (SSSR count). The average Bonchev–Trinajstić information content (AvgIpc) is 2.79. The van der Waals surface area contributed by atoms with Crippen LogP contribution < -0.4 is 5.73 Å². The van der Waals surface area contributed by atoms with Gasteiger partial charge in [-0.25, -0.2) is 9.97 Å². The van der Waals surface area contributed by atoms with Gasteiger partial charge in [0.15, 0.2) is 0 Å². The lowest BCUT2D eigenvalue weighted by Crippen LogP contribution is -2.15. The zero-order valence-corrected chi connectivity index (χ0v) is 9.45. The first-order valence-electron chi connectivity index (χ1n) is 5.44. The standard InChI is InChI=1S/C13H10N4O/c14-13(18)12-11(9-4-2-1-3-5-9)16-10-6-7-15-8-17(10)12/h1-8H,(H2,14,18). The number of carbonyl (C=O) groups excluding carboxylic acids is 1. The van der Waals surface area contributed by atoms with Crippen molar-refractivity contribution in [3.8, 4) is 11.3 Å². The van der Waals surface area contributed by atoms with Gasteiger partial charge in [-0.15, -0.1) is 0 Å². The van der Waals surface area contributed by atoms with Gasteiger partial charge in [0.2, 0.25) is 0 Å². The summed E-state index contributed by atoms with van der Waals surface area (Å²) in [7, 11) is 0. The van der Waals surface area contributed by atoms with Crippen molar-refractivity contribution in [1.82, 2.24) is 14.4 Å². The van der Waals surface area contributed by atoms with E-state index in [0.717, 1.165) is 5.56 Å². The largest absolute Gasteiger partial charge is 0.364 e. The van der Waals surface area contributed by atoms with E-state index in [1.54, 1.807) is 16.7 Å². The van der Waals surface area contributed by atoms with Crippen LogP contribution in [0.4, 0.5) is 0 Å². The summed E-state index contributed by atoms with van der Waals surface area (Å²) in [6.07, 6.45) is 3.16. The topological polar surface area (TPSA) is 73.3 Å². The zero-order chi connectivity index (χ0) is 12.5. The molecule has 0 aliphatic rings. The number of nitrogens with two attached hydrogens (primary N) is 1. The Bertz CT molecular complexity index is 718. The number of benzene rings is 1. The van der Waals surface area contributed by atoms with E-state index in [-0.39, 0.29) is 0 Å². The highest BCUT2D eigenvalue weighted by atomic mass is 16.1. The first-order valence-corrected chi connectivity index (χ1v) is 5.44. The second kappa shape index (κ2) is 3.96. The Morgan fingerprint density at radius 1 is 1.17 bits per heavy atom. The van der Waals surface area contributed by atoms with Gasteiger partial charge in [0.25, 0.3) is 5.91 Å². The number of rotatable bonds is 2. The maximum Gasteiger partial charge on any atom is 0.268 e. The van der Waals surface area contributed by atoms with E-state index in [4.69, 9.17) is 5.73 Å². The molecule has 5 nitrogen and oxygen atoms in total. The molecule has 2 heterocycles. The van der Waals surface area contributed by atoms with Crippen LogP contribution in [0, 0.1) is 0 Å². The second-order valence-corrected chi connectivity index (χ2v) is 3.85. The Kier molecular flexibility index (Phi) is 2.30. The van der Waals surface area contributed by atoms with E-state index in [0.29, 0.717) is 17.0 Å². The highest BCUT2D eigenvalue weighted by Gasteiger charge is 2.17. The molecule has 0 aliphatic heterocycles. The van der Waals surface area contributed by atoms with Crippen molar-refractivity contribution >= 4 is 11.6 Å². The van der Waals surface area contributed by atoms with Crippen LogP contribution in [0.5, 0.6) is 0 Å². The molecular weight excluding hydrogens is 228 g/mol. The van der Waals surface area contributed by atoms with Crippen molar-refractivity contribution in [3.63, 3.8) is 0 Å². The molecule has 0 saturated carbocycles. The molecule has 0 fully saturated rings. The van der Waals surface area contributed by atoms with Gasteiger partial charge in [-0.05, 0) is 6.07 Å². The molecule has 3 aromatic rings. The quantitative estimate of drug-likeness (QED) is 0.735. The van der Waals surface area contributed by atoms with Gasteiger partial charge in [0.1, 0.15) is 23.4 Å². The zero-order valence-electron chi connectivity index (χ0n) is 9.45. The maximum atomic E-state index is 11.6. The smallest absolute Gasteiger partial charge is 0.268 e. The minimum Gasteiger partial charge on any atom is -0.364 e. The fourth-order valence-electron chi connectivity index (χ4n) is 1.93. The van der Waals surface area contributed by atoms with Crippen LogP contribution in [0.1, 0.15) is 10.5 Å². The van der Waals surface area contributed by atoms with Gasteiger partial charge in [-0.1, -0.05) is 30.3 Å². The van der Waals surface area contributed by atoms with Crippen molar-refractivity contribution in [2.24, 2.45) is 5.73 Å². The van der Waals surface area contributed by atoms with Gasteiger partial charge in [0, 0.05) is 11.8 Å². The maximum absolute atomic E-state index is 11.6. The Labute approximate surface area is 103 Å². The number of imidazole rings is 1. The third-order valence-electron chi connectivity index (χ3n) is 2.71. The van der Waals surface area contributed by atoms with Crippen LogP contribution in [-0.2, 0) is 0 Å². The number of hydrogen-bond donors (Lipinski definition) is 1. The monoisotopic (exact) mass is 238 g/mol. The number of nitrogens with zero attached hydrogens (tertiary/aromatic N) is 3. The Morgan fingerprint density at radius 3 is 2.67 bits per heavy atom. The van der Waals surface area contributed by atoms with Crippen LogP contribution in [0.2, 0.25) is 0 Å². The SMILES string of the molecule is NC(=O)c1c(-c2ccccc2)nc2ccncn12. The Balaban J connectivity index is 2.36. The predicted molar refractivity (Wildman–Crippen MR) is 66.9 cm³/mol. The summed E-state index contributed by atoms with van der Waals surface area (Å²) in [6.45, 7) is 0. The molecule has 0 unspecified atom stereocenters. The second-order valence-electron chi connectivity index (χ2n) is 3.85. The van der Waals surface area contributed by atoms with Gasteiger partial charge in [-0.3, -0.25) is 9.20 Å². The fourth-order valence-corrected chi connectivity index (χ4v) is 1.93. The molecule has 2 aromatic heterocycles. The lowest BCUT2D eigenvalue weighted by atomic mass is 10.1. The van der Waals surface area contributed by atoms with Crippen molar-refractivity contribution in [2.75, 3.05) is 0 Å². The van der Waals surface area contributed by atoms with E-state index in [1.165, 1.54) is 6.33 Å². The first kappa shape index (κ1) is 10.5. The molecule has 0 radical (unpaired) electrons. The number of primary amides is 1. The third-order valence-corrected chi connectivity index (χ3v) is 2.71. The van der Waals surface area contributed by atoms with Crippen LogP contribution in [0.15, 0.2) is 48.9 Å².